The third-order valence-electron chi connectivity index (χ3n) is 3.65. The zero-order valence-corrected chi connectivity index (χ0v) is 11.8. The first-order chi connectivity index (χ1) is 9.70. The molecule has 0 unspecified atom stereocenters. The minimum atomic E-state index is 0.594. The molecule has 0 fully saturated rings. The average molecular weight is 266 g/mol. The standard InChI is InChI=1S/C16H18N4/c1-11-9-14-15(10-12(11)2)20(8-5-17)16(19-14)13-3-6-18-7-4-13/h3-4,6-7,9-10H,5,8,17H2,1-2H3. The molecule has 2 aromatic heterocycles. The quantitative estimate of drug-likeness (QED) is 0.793. The number of nitrogens with zero attached hydrogens (tertiary/aromatic N) is 3. The van der Waals surface area contributed by atoms with Crippen molar-refractivity contribution in [1.82, 2.24) is 14.5 Å². The normalized spacial score (nSPS) is 11.2. The molecule has 2 N–H and O–H groups in total. The molecule has 0 saturated heterocycles. The van der Waals surface area contributed by atoms with E-state index in [9.17, 15) is 0 Å². The van der Waals surface area contributed by atoms with Gasteiger partial charge in [-0.05, 0) is 49.2 Å². The summed E-state index contributed by atoms with van der Waals surface area (Å²) in [6.45, 7) is 5.59. The van der Waals surface area contributed by atoms with E-state index < -0.39 is 0 Å². The van der Waals surface area contributed by atoms with E-state index in [1.54, 1.807) is 12.4 Å². The predicted octanol–water partition coefficient (Wildman–Crippen LogP) is 2.67. The van der Waals surface area contributed by atoms with Crippen LogP contribution in [0.15, 0.2) is 36.7 Å². The van der Waals surface area contributed by atoms with Crippen LogP contribution >= 0.6 is 0 Å². The van der Waals surface area contributed by atoms with E-state index in [0.717, 1.165) is 29.0 Å². The zero-order chi connectivity index (χ0) is 14.1. The van der Waals surface area contributed by atoms with E-state index in [1.165, 1.54) is 11.1 Å². The number of rotatable bonds is 3. The van der Waals surface area contributed by atoms with E-state index in [1.807, 2.05) is 12.1 Å². The first-order valence-electron chi connectivity index (χ1n) is 6.78. The molecule has 1 aromatic carbocycles. The molecule has 4 nitrogen and oxygen atoms in total. The fraction of sp³-hybridized carbons (Fsp3) is 0.250. The van der Waals surface area contributed by atoms with Gasteiger partial charge in [0.05, 0.1) is 11.0 Å². The zero-order valence-electron chi connectivity index (χ0n) is 11.8. The molecule has 0 radical (unpaired) electrons. The molecule has 0 amide bonds. The van der Waals surface area contributed by atoms with E-state index in [2.05, 4.69) is 35.5 Å². The summed E-state index contributed by atoms with van der Waals surface area (Å²) in [5.74, 6) is 0.956. The van der Waals surface area contributed by atoms with Crippen LogP contribution in [0.5, 0.6) is 0 Å². The number of hydrogen-bond donors (Lipinski definition) is 1. The fourth-order valence-corrected chi connectivity index (χ4v) is 2.46. The van der Waals surface area contributed by atoms with E-state index in [-0.39, 0.29) is 0 Å². The molecule has 0 saturated carbocycles. The van der Waals surface area contributed by atoms with Crippen LogP contribution in [0.25, 0.3) is 22.4 Å². The number of nitrogens with two attached hydrogens (primary N) is 1. The van der Waals surface area contributed by atoms with Crippen molar-refractivity contribution in [2.45, 2.75) is 20.4 Å². The molecule has 4 heteroatoms. The van der Waals surface area contributed by atoms with E-state index >= 15 is 0 Å². The Balaban J connectivity index is 2.28. The Kier molecular flexibility index (Phi) is 3.24. The number of aryl methyl sites for hydroxylation is 2. The maximum absolute atomic E-state index is 5.76. The maximum atomic E-state index is 5.76. The highest BCUT2D eigenvalue weighted by Crippen LogP contribution is 2.26. The van der Waals surface area contributed by atoms with Crippen LogP contribution in [0.2, 0.25) is 0 Å². The summed E-state index contributed by atoms with van der Waals surface area (Å²) in [4.78, 5) is 8.85. The Bertz CT molecular complexity index is 744. The van der Waals surface area contributed by atoms with Crippen molar-refractivity contribution in [2.24, 2.45) is 5.73 Å². The highest BCUT2D eigenvalue weighted by molar-refractivity contribution is 5.82. The van der Waals surface area contributed by atoms with Crippen molar-refractivity contribution in [2.75, 3.05) is 6.54 Å². The molecular weight excluding hydrogens is 248 g/mol. The second-order valence-electron chi connectivity index (χ2n) is 5.04. The molecule has 0 aliphatic heterocycles. The first-order valence-corrected chi connectivity index (χ1v) is 6.78. The summed E-state index contributed by atoms with van der Waals surface area (Å²) in [5.41, 5.74) is 11.5. The Morgan fingerprint density at radius 1 is 1.10 bits per heavy atom. The highest BCUT2D eigenvalue weighted by atomic mass is 15.1. The Hall–Kier alpha value is -2.20. The second kappa shape index (κ2) is 5.06. The summed E-state index contributed by atoms with van der Waals surface area (Å²) in [5, 5.41) is 0. The third kappa shape index (κ3) is 2.08. The molecule has 0 bridgehead atoms. The average Bonchev–Trinajstić information content (AvgIpc) is 2.79. The van der Waals surface area contributed by atoms with E-state index in [0.29, 0.717) is 6.54 Å². The van der Waals surface area contributed by atoms with Crippen molar-refractivity contribution in [1.29, 1.82) is 0 Å². The molecule has 0 aliphatic carbocycles. The summed E-state index contributed by atoms with van der Waals surface area (Å²) in [7, 11) is 0. The van der Waals surface area contributed by atoms with Crippen LogP contribution in [0.4, 0.5) is 0 Å². The fourth-order valence-electron chi connectivity index (χ4n) is 2.46. The lowest BCUT2D eigenvalue weighted by Gasteiger charge is -2.08. The molecular formula is C16H18N4. The van der Waals surface area contributed by atoms with Crippen LogP contribution in [-0.2, 0) is 6.54 Å². The number of aromatic nitrogens is 3. The van der Waals surface area contributed by atoms with Crippen LogP contribution in [-0.4, -0.2) is 21.1 Å². The summed E-state index contributed by atoms with van der Waals surface area (Å²) < 4.78 is 2.19. The largest absolute Gasteiger partial charge is 0.329 e. The van der Waals surface area contributed by atoms with Crippen molar-refractivity contribution < 1.29 is 0 Å². The SMILES string of the molecule is Cc1cc2nc(-c3ccncc3)n(CCN)c2cc1C. The summed E-state index contributed by atoms with van der Waals surface area (Å²) in [6, 6.07) is 8.29. The lowest BCUT2D eigenvalue weighted by Crippen LogP contribution is -2.11. The molecule has 0 spiro atoms. The number of hydrogen-bond acceptors (Lipinski definition) is 3. The summed E-state index contributed by atoms with van der Waals surface area (Å²) >= 11 is 0. The summed E-state index contributed by atoms with van der Waals surface area (Å²) in [6.07, 6.45) is 3.58. The number of imidazole rings is 1. The monoisotopic (exact) mass is 266 g/mol. The molecule has 2 heterocycles. The molecule has 102 valence electrons. The van der Waals surface area contributed by atoms with Gasteiger partial charge < -0.3 is 10.3 Å². The minimum absolute atomic E-state index is 0.594. The lowest BCUT2D eigenvalue weighted by atomic mass is 10.1. The van der Waals surface area contributed by atoms with Gasteiger partial charge in [-0.3, -0.25) is 4.98 Å². The van der Waals surface area contributed by atoms with Crippen LogP contribution < -0.4 is 5.73 Å². The van der Waals surface area contributed by atoms with Gasteiger partial charge in [0.2, 0.25) is 0 Å². The number of benzene rings is 1. The van der Waals surface area contributed by atoms with Gasteiger partial charge in [-0.2, -0.15) is 0 Å². The second-order valence-corrected chi connectivity index (χ2v) is 5.04. The predicted molar refractivity (Wildman–Crippen MR) is 81.5 cm³/mol. The van der Waals surface area contributed by atoms with Gasteiger partial charge in [0, 0.05) is 31.0 Å². The first kappa shape index (κ1) is 12.8. The smallest absolute Gasteiger partial charge is 0.141 e. The van der Waals surface area contributed by atoms with E-state index in [4.69, 9.17) is 10.7 Å². The minimum Gasteiger partial charge on any atom is -0.329 e. The van der Waals surface area contributed by atoms with Gasteiger partial charge in [-0.15, -0.1) is 0 Å². The number of fused-ring (bicyclic) bond motifs is 1. The Morgan fingerprint density at radius 2 is 1.80 bits per heavy atom. The van der Waals surface area contributed by atoms with Crippen molar-refractivity contribution in [3.05, 3.63) is 47.8 Å². The number of pyridine rings is 1. The van der Waals surface area contributed by atoms with Crippen molar-refractivity contribution in [3.63, 3.8) is 0 Å². The molecule has 3 aromatic rings. The van der Waals surface area contributed by atoms with Gasteiger partial charge in [-0.1, -0.05) is 0 Å². The van der Waals surface area contributed by atoms with Crippen LogP contribution in [0.3, 0.4) is 0 Å². The van der Waals surface area contributed by atoms with Gasteiger partial charge in [0.25, 0.3) is 0 Å². The van der Waals surface area contributed by atoms with Gasteiger partial charge >= 0.3 is 0 Å². The van der Waals surface area contributed by atoms with Crippen LogP contribution in [0, 0.1) is 13.8 Å². The Labute approximate surface area is 118 Å². The maximum Gasteiger partial charge on any atom is 0.141 e. The van der Waals surface area contributed by atoms with Crippen LogP contribution in [0.1, 0.15) is 11.1 Å². The highest BCUT2D eigenvalue weighted by Gasteiger charge is 2.13. The van der Waals surface area contributed by atoms with Crippen molar-refractivity contribution in [3.8, 4) is 11.4 Å². The van der Waals surface area contributed by atoms with Gasteiger partial charge in [0.15, 0.2) is 0 Å². The molecule has 0 atom stereocenters. The molecule has 20 heavy (non-hydrogen) atoms. The van der Waals surface area contributed by atoms with Crippen molar-refractivity contribution >= 4 is 11.0 Å². The Morgan fingerprint density at radius 3 is 2.50 bits per heavy atom. The third-order valence-corrected chi connectivity index (χ3v) is 3.65. The topological polar surface area (TPSA) is 56.7 Å². The van der Waals surface area contributed by atoms with Gasteiger partial charge in [0.1, 0.15) is 5.82 Å². The lowest BCUT2D eigenvalue weighted by molar-refractivity contribution is 0.735. The molecule has 0 aliphatic rings. The van der Waals surface area contributed by atoms with Gasteiger partial charge in [-0.25, -0.2) is 4.98 Å². The molecule has 3 rings (SSSR count).